The van der Waals surface area contributed by atoms with Crippen molar-refractivity contribution in [2.24, 2.45) is 0 Å². The van der Waals surface area contributed by atoms with Crippen LogP contribution in [0, 0.1) is 9.39 Å². The summed E-state index contributed by atoms with van der Waals surface area (Å²) in [6.45, 7) is 0. The Kier molecular flexibility index (Phi) is 6.84. The summed E-state index contributed by atoms with van der Waals surface area (Å²) in [7, 11) is 0. The minimum Gasteiger partial charge on any atom is -0.362 e. The van der Waals surface area contributed by atoms with Gasteiger partial charge in [0.15, 0.2) is 0 Å². The molecule has 2 N–H and O–H groups in total. The minimum absolute atomic E-state index is 0.0334. The third kappa shape index (κ3) is 5.52. The lowest BCUT2D eigenvalue weighted by molar-refractivity contribution is 0.0942. The van der Waals surface area contributed by atoms with Gasteiger partial charge in [0.1, 0.15) is 12.0 Å². The van der Waals surface area contributed by atoms with Gasteiger partial charge in [-0.2, -0.15) is 0 Å². The van der Waals surface area contributed by atoms with Crippen LogP contribution in [-0.2, 0) is 0 Å². The molecule has 1 atom stereocenters. The van der Waals surface area contributed by atoms with E-state index in [-0.39, 0.29) is 5.02 Å². The number of carbonyl (C=O) groups is 1. The lowest BCUT2D eigenvalue weighted by Gasteiger charge is -2.27. The summed E-state index contributed by atoms with van der Waals surface area (Å²) in [6, 6.07) is 10.9. The molecule has 0 saturated heterocycles. The molecule has 2 aromatic carbocycles. The van der Waals surface area contributed by atoms with Gasteiger partial charge in [-0.1, -0.05) is 46.4 Å². The summed E-state index contributed by atoms with van der Waals surface area (Å²) in [4.78, 5) is 12.3. The van der Waals surface area contributed by atoms with Crippen LogP contribution in [0.2, 0.25) is 5.02 Å². The third-order valence-corrected chi connectivity index (χ3v) is 4.62. The molecule has 1 unspecified atom stereocenters. The Labute approximate surface area is 171 Å². The predicted molar refractivity (Wildman–Crippen MR) is 106 cm³/mol. The van der Waals surface area contributed by atoms with Crippen molar-refractivity contribution < 1.29 is 9.18 Å². The van der Waals surface area contributed by atoms with Gasteiger partial charge in [-0.3, -0.25) is 4.79 Å². The molecule has 0 aliphatic carbocycles. The van der Waals surface area contributed by atoms with Gasteiger partial charge in [0, 0.05) is 14.8 Å². The highest BCUT2D eigenvalue weighted by Gasteiger charge is 2.34. The maximum atomic E-state index is 13.5. The molecular formula is C15H10Cl4FIN2O. The molecular weight excluding hydrogens is 512 g/mol. The van der Waals surface area contributed by atoms with Gasteiger partial charge in [0.2, 0.25) is 3.79 Å². The normalized spacial score (nSPS) is 12.6. The van der Waals surface area contributed by atoms with Crippen molar-refractivity contribution in [3.8, 4) is 0 Å². The largest absolute Gasteiger partial charge is 0.362 e. The van der Waals surface area contributed by atoms with E-state index in [0.717, 1.165) is 9.64 Å². The second-order valence-electron chi connectivity index (χ2n) is 4.73. The molecule has 128 valence electrons. The summed E-state index contributed by atoms with van der Waals surface area (Å²) in [6.07, 6.45) is -1.09. The Morgan fingerprint density at radius 2 is 1.75 bits per heavy atom. The molecule has 3 nitrogen and oxygen atoms in total. The van der Waals surface area contributed by atoms with Crippen LogP contribution < -0.4 is 10.6 Å². The standard InChI is InChI=1S/C15H10Cl4FIN2O/c16-11-6-5-10(7-12(11)20)22-14(15(17,18)19)23-13(24)8-1-3-9(21)4-2-8/h1-7,14,22H,(H,23,24). The van der Waals surface area contributed by atoms with E-state index in [4.69, 9.17) is 46.4 Å². The number of amides is 1. The van der Waals surface area contributed by atoms with E-state index in [2.05, 4.69) is 33.2 Å². The molecule has 0 spiro atoms. The second-order valence-corrected chi connectivity index (χ2v) is 8.75. The molecule has 2 rings (SSSR count). The monoisotopic (exact) mass is 520 g/mol. The van der Waals surface area contributed by atoms with E-state index >= 15 is 0 Å². The zero-order valence-electron chi connectivity index (χ0n) is 11.8. The molecule has 0 heterocycles. The van der Waals surface area contributed by atoms with Crippen LogP contribution in [-0.4, -0.2) is 15.9 Å². The molecule has 0 aliphatic rings. The quantitative estimate of drug-likeness (QED) is 0.311. The zero-order chi connectivity index (χ0) is 17.9. The Hall–Kier alpha value is -0.470. The number of rotatable bonds is 4. The first-order valence-corrected chi connectivity index (χ1v) is 9.10. The van der Waals surface area contributed by atoms with Crippen molar-refractivity contribution in [1.82, 2.24) is 5.32 Å². The van der Waals surface area contributed by atoms with Gasteiger partial charge in [-0.25, -0.2) is 4.39 Å². The van der Waals surface area contributed by atoms with Crippen LogP contribution in [0.5, 0.6) is 0 Å². The topological polar surface area (TPSA) is 41.1 Å². The average molecular weight is 522 g/mol. The van der Waals surface area contributed by atoms with Crippen molar-refractivity contribution >= 4 is 80.6 Å². The van der Waals surface area contributed by atoms with E-state index in [9.17, 15) is 9.18 Å². The lowest BCUT2D eigenvalue weighted by Crippen LogP contribution is -2.49. The maximum Gasteiger partial charge on any atom is 0.252 e. The summed E-state index contributed by atoms with van der Waals surface area (Å²) in [5, 5.41) is 5.31. The smallest absolute Gasteiger partial charge is 0.252 e. The molecule has 24 heavy (non-hydrogen) atoms. The number of alkyl halides is 3. The van der Waals surface area contributed by atoms with Gasteiger partial charge in [0.05, 0.1) is 5.02 Å². The van der Waals surface area contributed by atoms with Crippen molar-refractivity contribution in [1.29, 1.82) is 0 Å². The first-order valence-electron chi connectivity index (χ1n) is 6.51. The molecule has 0 saturated carbocycles. The van der Waals surface area contributed by atoms with E-state index in [0.29, 0.717) is 11.3 Å². The molecule has 1 amide bonds. The Morgan fingerprint density at radius 1 is 1.12 bits per heavy atom. The fraction of sp³-hybridized carbons (Fsp3) is 0.133. The predicted octanol–water partition coefficient (Wildman–Crippen LogP) is 5.62. The first kappa shape index (κ1) is 19.8. The van der Waals surface area contributed by atoms with E-state index in [1.165, 1.54) is 12.1 Å². The SMILES string of the molecule is O=C(NC(Nc1ccc(Cl)c(F)c1)C(Cl)(Cl)Cl)c1ccc(I)cc1. The molecule has 0 bridgehead atoms. The van der Waals surface area contributed by atoms with Gasteiger partial charge in [-0.05, 0) is 65.1 Å². The molecule has 2 aromatic rings. The number of benzene rings is 2. The van der Waals surface area contributed by atoms with E-state index < -0.39 is 21.7 Å². The molecule has 0 aliphatic heterocycles. The number of hydrogen-bond acceptors (Lipinski definition) is 2. The fourth-order valence-electron chi connectivity index (χ4n) is 1.77. The maximum absolute atomic E-state index is 13.5. The van der Waals surface area contributed by atoms with Gasteiger partial charge in [-0.15, -0.1) is 0 Å². The highest BCUT2D eigenvalue weighted by molar-refractivity contribution is 14.1. The Morgan fingerprint density at radius 3 is 2.29 bits per heavy atom. The minimum atomic E-state index is -1.87. The molecule has 0 aromatic heterocycles. The molecule has 9 heteroatoms. The van der Waals surface area contributed by atoms with Crippen LogP contribution >= 0.6 is 69.0 Å². The number of hydrogen-bond donors (Lipinski definition) is 2. The van der Waals surface area contributed by atoms with Gasteiger partial charge >= 0.3 is 0 Å². The fourth-order valence-corrected chi connectivity index (χ4v) is 2.57. The van der Waals surface area contributed by atoms with Crippen LogP contribution in [0.15, 0.2) is 42.5 Å². The highest BCUT2D eigenvalue weighted by atomic mass is 127. The first-order chi connectivity index (χ1) is 11.2. The average Bonchev–Trinajstić information content (AvgIpc) is 2.50. The van der Waals surface area contributed by atoms with E-state index in [1.807, 2.05) is 0 Å². The Bertz CT molecular complexity index is 737. The van der Waals surface area contributed by atoms with Gasteiger partial charge in [0.25, 0.3) is 5.91 Å². The van der Waals surface area contributed by atoms with Crippen LogP contribution in [0.4, 0.5) is 10.1 Å². The van der Waals surface area contributed by atoms with Crippen molar-refractivity contribution in [3.05, 3.63) is 62.4 Å². The van der Waals surface area contributed by atoms with Crippen molar-refractivity contribution in [2.45, 2.75) is 9.96 Å². The number of carbonyl (C=O) groups excluding carboxylic acids is 1. The molecule has 0 radical (unpaired) electrons. The third-order valence-electron chi connectivity index (χ3n) is 2.94. The van der Waals surface area contributed by atoms with Crippen molar-refractivity contribution in [2.75, 3.05) is 5.32 Å². The summed E-state index contributed by atoms with van der Waals surface area (Å²) < 4.78 is 12.6. The number of halogens is 6. The zero-order valence-corrected chi connectivity index (χ0v) is 17.0. The van der Waals surface area contributed by atoms with Gasteiger partial charge < -0.3 is 10.6 Å². The lowest BCUT2D eigenvalue weighted by atomic mass is 10.2. The summed E-state index contributed by atoms with van der Waals surface area (Å²) >= 11 is 25.5. The summed E-state index contributed by atoms with van der Waals surface area (Å²) in [5.74, 6) is -1.07. The van der Waals surface area contributed by atoms with Crippen LogP contribution in [0.1, 0.15) is 10.4 Å². The van der Waals surface area contributed by atoms with Crippen LogP contribution in [0.25, 0.3) is 0 Å². The number of anilines is 1. The Balaban J connectivity index is 2.18. The highest BCUT2D eigenvalue weighted by Crippen LogP contribution is 2.32. The van der Waals surface area contributed by atoms with E-state index in [1.54, 1.807) is 24.3 Å². The number of nitrogens with one attached hydrogen (secondary N) is 2. The van der Waals surface area contributed by atoms with Crippen LogP contribution in [0.3, 0.4) is 0 Å². The summed E-state index contributed by atoms with van der Waals surface area (Å²) in [5.41, 5.74) is 0.704. The molecule has 0 fully saturated rings. The second kappa shape index (κ2) is 8.27. The van der Waals surface area contributed by atoms with Crippen molar-refractivity contribution in [3.63, 3.8) is 0 Å².